The van der Waals surface area contributed by atoms with Crippen LogP contribution in [-0.4, -0.2) is 12.2 Å². The lowest BCUT2D eigenvalue weighted by atomic mass is 10.2. The minimum atomic E-state index is -0.542. The normalized spacial score (nSPS) is 10.1. The van der Waals surface area contributed by atoms with E-state index in [0.29, 0.717) is 11.4 Å². The lowest BCUT2D eigenvalue weighted by molar-refractivity contribution is 0.417. The molecule has 0 spiro atoms. The van der Waals surface area contributed by atoms with E-state index in [-0.39, 0.29) is 15.8 Å². The van der Waals surface area contributed by atoms with Gasteiger partial charge in [0.2, 0.25) is 0 Å². The third-order valence-electron chi connectivity index (χ3n) is 2.80. The first kappa shape index (κ1) is 15.5. The molecular weight excluding hydrogens is 311 g/mol. The monoisotopic (exact) mass is 324 g/mol. The Hall–Kier alpha value is -1.85. The Balaban J connectivity index is 2.15. The highest BCUT2D eigenvalue weighted by Gasteiger charge is 2.09. The Labute approximate surface area is 133 Å². The molecule has 0 amide bonds. The molecule has 110 valence electrons. The van der Waals surface area contributed by atoms with E-state index in [2.05, 4.69) is 10.6 Å². The molecule has 0 heterocycles. The number of halogens is 2. The van der Waals surface area contributed by atoms with Gasteiger partial charge in [-0.1, -0.05) is 23.7 Å². The van der Waals surface area contributed by atoms with Gasteiger partial charge in [0, 0.05) is 0 Å². The van der Waals surface area contributed by atoms with Crippen LogP contribution in [0, 0.1) is 12.7 Å². The van der Waals surface area contributed by atoms with Crippen LogP contribution >= 0.6 is 23.8 Å². The standard InChI is InChI=1S/C15H14ClFN2OS/c1-9-6-7-13(20-2)12(8-9)19-15(21)18-11-5-3-4-10(16)14(11)17/h3-8H,1-2H3,(H2,18,19,21). The molecule has 0 unspecified atom stereocenters. The Morgan fingerprint density at radius 1 is 1.19 bits per heavy atom. The number of nitrogens with one attached hydrogen (secondary N) is 2. The molecule has 21 heavy (non-hydrogen) atoms. The Kier molecular flexibility index (Phi) is 4.98. The smallest absolute Gasteiger partial charge is 0.175 e. The van der Waals surface area contributed by atoms with Gasteiger partial charge in [-0.3, -0.25) is 0 Å². The Morgan fingerprint density at radius 2 is 1.90 bits per heavy atom. The van der Waals surface area contributed by atoms with Crippen molar-refractivity contribution < 1.29 is 9.13 Å². The third-order valence-corrected chi connectivity index (χ3v) is 3.30. The van der Waals surface area contributed by atoms with Gasteiger partial charge in [0.1, 0.15) is 5.75 Å². The summed E-state index contributed by atoms with van der Waals surface area (Å²) in [5.74, 6) is 0.107. The number of methoxy groups -OCH3 is 1. The van der Waals surface area contributed by atoms with Crippen LogP contribution in [0.1, 0.15) is 5.56 Å². The number of hydrogen-bond donors (Lipinski definition) is 2. The zero-order valence-corrected chi connectivity index (χ0v) is 13.1. The topological polar surface area (TPSA) is 33.3 Å². The van der Waals surface area contributed by atoms with Crippen LogP contribution in [0.4, 0.5) is 15.8 Å². The Bertz CT molecular complexity index is 679. The summed E-state index contributed by atoms with van der Waals surface area (Å²) in [5.41, 5.74) is 1.97. The van der Waals surface area contributed by atoms with Crippen LogP contribution in [0.15, 0.2) is 36.4 Å². The zero-order valence-electron chi connectivity index (χ0n) is 11.5. The average molecular weight is 325 g/mol. The van der Waals surface area contributed by atoms with E-state index in [9.17, 15) is 4.39 Å². The quantitative estimate of drug-likeness (QED) is 0.808. The molecule has 0 aliphatic carbocycles. The van der Waals surface area contributed by atoms with Crippen molar-refractivity contribution >= 4 is 40.3 Å². The molecule has 0 saturated carbocycles. The molecule has 3 nitrogen and oxygen atoms in total. The van der Waals surface area contributed by atoms with Crippen molar-refractivity contribution in [2.75, 3.05) is 17.7 Å². The summed E-state index contributed by atoms with van der Waals surface area (Å²) in [6.45, 7) is 1.96. The van der Waals surface area contributed by atoms with Gasteiger partial charge in [-0.25, -0.2) is 4.39 Å². The summed E-state index contributed by atoms with van der Waals surface area (Å²) in [6.07, 6.45) is 0. The van der Waals surface area contributed by atoms with Crippen molar-refractivity contribution in [2.45, 2.75) is 6.92 Å². The first-order valence-electron chi connectivity index (χ1n) is 6.18. The van der Waals surface area contributed by atoms with E-state index in [1.807, 2.05) is 25.1 Å². The van der Waals surface area contributed by atoms with Gasteiger partial charge in [0.05, 0.1) is 23.5 Å². The fourth-order valence-electron chi connectivity index (χ4n) is 1.80. The van der Waals surface area contributed by atoms with Crippen LogP contribution in [0.5, 0.6) is 5.75 Å². The SMILES string of the molecule is COc1ccc(C)cc1NC(=S)Nc1cccc(Cl)c1F. The van der Waals surface area contributed by atoms with Gasteiger partial charge in [-0.05, 0) is 49.0 Å². The Morgan fingerprint density at radius 3 is 2.62 bits per heavy atom. The van der Waals surface area contributed by atoms with Crippen molar-refractivity contribution in [1.82, 2.24) is 0 Å². The lowest BCUT2D eigenvalue weighted by Crippen LogP contribution is -2.20. The minimum absolute atomic E-state index is 0.0379. The summed E-state index contributed by atoms with van der Waals surface area (Å²) in [4.78, 5) is 0. The molecule has 2 N–H and O–H groups in total. The molecule has 0 atom stereocenters. The van der Waals surface area contributed by atoms with Crippen LogP contribution in [0.2, 0.25) is 5.02 Å². The van der Waals surface area contributed by atoms with Gasteiger partial charge >= 0.3 is 0 Å². The minimum Gasteiger partial charge on any atom is -0.495 e. The van der Waals surface area contributed by atoms with Gasteiger partial charge < -0.3 is 15.4 Å². The highest BCUT2D eigenvalue weighted by molar-refractivity contribution is 7.80. The van der Waals surface area contributed by atoms with Gasteiger partial charge in [0.15, 0.2) is 10.9 Å². The molecule has 2 aromatic rings. The maximum Gasteiger partial charge on any atom is 0.175 e. The molecular formula is C15H14ClFN2OS. The van der Waals surface area contributed by atoms with Crippen molar-refractivity contribution in [1.29, 1.82) is 0 Å². The van der Waals surface area contributed by atoms with Crippen LogP contribution in [0.3, 0.4) is 0 Å². The predicted molar refractivity (Wildman–Crippen MR) is 89.0 cm³/mol. The van der Waals surface area contributed by atoms with Gasteiger partial charge in [-0.15, -0.1) is 0 Å². The number of ether oxygens (including phenoxy) is 1. The fourth-order valence-corrected chi connectivity index (χ4v) is 2.19. The largest absolute Gasteiger partial charge is 0.495 e. The van der Waals surface area contributed by atoms with Gasteiger partial charge in [0.25, 0.3) is 0 Å². The second-order valence-corrected chi connectivity index (χ2v) is 5.20. The lowest BCUT2D eigenvalue weighted by Gasteiger charge is -2.14. The molecule has 0 saturated heterocycles. The van der Waals surface area contributed by atoms with Crippen molar-refractivity contribution in [3.63, 3.8) is 0 Å². The van der Waals surface area contributed by atoms with Crippen molar-refractivity contribution in [2.24, 2.45) is 0 Å². The third kappa shape index (κ3) is 3.83. The van der Waals surface area contributed by atoms with E-state index < -0.39 is 5.82 Å². The number of aryl methyl sites for hydroxylation is 1. The molecule has 6 heteroatoms. The van der Waals surface area contributed by atoms with Gasteiger partial charge in [-0.2, -0.15) is 0 Å². The summed E-state index contributed by atoms with van der Waals surface area (Å²) in [6, 6.07) is 10.3. The molecule has 0 fully saturated rings. The summed E-state index contributed by atoms with van der Waals surface area (Å²) in [7, 11) is 1.57. The summed E-state index contributed by atoms with van der Waals surface area (Å²) in [5, 5.41) is 6.05. The van der Waals surface area contributed by atoms with E-state index in [4.69, 9.17) is 28.6 Å². The number of hydrogen-bond acceptors (Lipinski definition) is 2. The summed E-state index contributed by atoms with van der Waals surface area (Å²) < 4.78 is 19.1. The van der Waals surface area contributed by atoms with Crippen molar-refractivity contribution in [3.05, 3.63) is 52.8 Å². The summed E-state index contributed by atoms with van der Waals surface area (Å²) >= 11 is 10.9. The molecule has 0 bridgehead atoms. The number of benzene rings is 2. The number of rotatable bonds is 3. The highest BCUT2D eigenvalue weighted by Crippen LogP contribution is 2.26. The zero-order chi connectivity index (χ0) is 15.4. The van der Waals surface area contributed by atoms with Crippen LogP contribution in [0.25, 0.3) is 0 Å². The second kappa shape index (κ2) is 6.74. The van der Waals surface area contributed by atoms with E-state index in [1.165, 1.54) is 6.07 Å². The molecule has 2 rings (SSSR count). The van der Waals surface area contributed by atoms with Crippen LogP contribution in [-0.2, 0) is 0 Å². The average Bonchev–Trinajstić information content (AvgIpc) is 2.44. The molecule has 2 aromatic carbocycles. The molecule has 0 aliphatic heterocycles. The molecule has 0 radical (unpaired) electrons. The first-order valence-corrected chi connectivity index (χ1v) is 6.96. The van der Waals surface area contributed by atoms with E-state index >= 15 is 0 Å². The van der Waals surface area contributed by atoms with Crippen LogP contribution < -0.4 is 15.4 Å². The molecule has 0 aromatic heterocycles. The highest BCUT2D eigenvalue weighted by atomic mass is 35.5. The predicted octanol–water partition coefficient (Wildman–Crippen LogP) is 4.61. The van der Waals surface area contributed by atoms with E-state index in [0.717, 1.165) is 5.56 Å². The maximum atomic E-state index is 13.8. The fraction of sp³-hybridized carbons (Fsp3) is 0.133. The number of anilines is 2. The maximum absolute atomic E-state index is 13.8. The van der Waals surface area contributed by atoms with Crippen molar-refractivity contribution in [3.8, 4) is 5.75 Å². The van der Waals surface area contributed by atoms with E-state index in [1.54, 1.807) is 19.2 Å². The number of thiocarbonyl (C=S) groups is 1. The molecule has 0 aliphatic rings. The first-order chi connectivity index (χ1) is 10.0. The second-order valence-electron chi connectivity index (χ2n) is 4.38.